The summed E-state index contributed by atoms with van der Waals surface area (Å²) in [5.41, 5.74) is 0.237. The highest BCUT2D eigenvalue weighted by molar-refractivity contribution is 7.89. The van der Waals surface area contributed by atoms with E-state index >= 15 is 0 Å². The van der Waals surface area contributed by atoms with Crippen molar-refractivity contribution < 1.29 is 17.6 Å². The van der Waals surface area contributed by atoms with Crippen LogP contribution in [0.5, 0.6) is 0 Å². The minimum atomic E-state index is -3.52. The molecule has 138 valence electrons. The highest BCUT2D eigenvalue weighted by Gasteiger charge is 2.25. The molecule has 1 aliphatic rings. The minimum absolute atomic E-state index is 0.139. The zero-order valence-electron chi connectivity index (χ0n) is 13.9. The number of rotatable bonds is 4. The van der Waals surface area contributed by atoms with E-state index in [0.717, 1.165) is 25.3 Å². The fraction of sp³-hybridized carbons (Fsp3) is 0.278. The molecular weight excluding hydrogens is 379 g/mol. The molecule has 3 rings (SSSR count). The number of amides is 1. The van der Waals surface area contributed by atoms with Gasteiger partial charge in [0.05, 0.1) is 10.5 Å². The van der Waals surface area contributed by atoms with Crippen LogP contribution in [0.25, 0.3) is 0 Å². The van der Waals surface area contributed by atoms with Crippen molar-refractivity contribution in [2.24, 2.45) is 0 Å². The van der Waals surface area contributed by atoms with E-state index in [9.17, 15) is 17.6 Å². The molecule has 0 unspecified atom stereocenters. The zero-order chi connectivity index (χ0) is 18.7. The lowest BCUT2D eigenvalue weighted by Crippen LogP contribution is -2.35. The highest BCUT2D eigenvalue weighted by Crippen LogP contribution is 2.22. The molecule has 0 atom stereocenters. The number of anilines is 1. The first-order valence-electron chi connectivity index (χ1n) is 8.24. The third kappa shape index (κ3) is 4.06. The van der Waals surface area contributed by atoms with E-state index in [1.165, 1.54) is 40.7 Å². The molecule has 1 aliphatic heterocycles. The number of sulfonamides is 1. The second kappa shape index (κ2) is 7.73. The Kier molecular flexibility index (Phi) is 5.60. The summed E-state index contributed by atoms with van der Waals surface area (Å²) in [6.45, 7) is 1.05. The van der Waals surface area contributed by atoms with Crippen molar-refractivity contribution in [1.82, 2.24) is 4.31 Å². The van der Waals surface area contributed by atoms with Crippen LogP contribution in [0.15, 0.2) is 47.4 Å². The molecule has 26 heavy (non-hydrogen) atoms. The lowest BCUT2D eigenvalue weighted by molar-refractivity contribution is 0.102. The molecule has 0 aromatic heterocycles. The lowest BCUT2D eigenvalue weighted by Gasteiger charge is -2.25. The first-order chi connectivity index (χ1) is 12.4. The summed E-state index contributed by atoms with van der Waals surface area (Å²) < 4.78 is 40.5. The summed E-state index contributed by atoms with van der Waals surface area (Å²) in [5.74, 6) is -1.36. The SMILES string of the molecule is O=C(Nc1ccc(S(=O)(=O)N2CCCCC2)cc1)c1ccc(Cl)cc1F. The van der Waals surface area contributed by atoms with E-state index in [0.29, 0.717) is 18.8 Å². The second-order valence-electron chi connectivity index (χ2n) is 6.07. The van der Waals surface area contributed by atoms with Gasteiger partial charge in [-0.05, 0) is 55.3 Å². The Morgan fingerprint density at radius 1 is 1.04 bits per heavy atom. The smallest absolute Gasteiger partial charge is 0.258 e. The topological polar surface area (TPSA) is 66.5 Å². The predicted molar refractivity (Wildman–Crippen MR) is 98.4 cm³/mol. The third-order valence-electron chi connectivity index (χ3n) is 4.24. The molecule has 0 radical (unpaired) electrons. The van der Waals surface area contributed by atoms with Gasteiger partial charge in [0, 0.05) is 23.8 Å². The molecule has 0 spiro atoms. The normalized spacial score (nSPS) is 15.6. The Morgan fingerprint density at radius 2 is 1.69 bits per heavy atom. The third-order valence-corrected chi connectivity index (χ3v) is 6.39. The average Bonchev–Trinajstić information content (AvgIpc) is 2.63. The number of nitrogens with zero attached hydrogens (tertiary/aromatic N) is 1. The first-order valence-corrected chi connectivity index (χ1v) is 10.1. The van der Waals surface area contributed by atoms with E-state index in [1.807, 2.05) is 0 Å². The summed E-state index contributed by atoms with van der Waals surface area (Å²) in [6, 6.07) is 9.64. The summed E-state index contributed by atoms with van der Waals surface area (Å²) in [5, 5.41) is 2.75. The number of hydrogen-bond donors (Lipinski definition) is 1. The molecule has 0 bridgehead atoms. The Hall–Kier alpha value is -1.96. The number of carbonyl (C=O) groups is 1. The Balaban J connectivity index is 1.74. The average molecular weight is 397 g/mol. The van der Waals surface area contributed by atoms with Crippen LogP contribution in [0.4, 0.5) is 10.1 Å². The lowest BCUT2D eigenvalue weighted by atomic mass is 10.2. The van der Waals surface area contributed by atoms with Crippen LogP contribution in [0.3, 0.4) is 0 Å². The van der Waals surface area contributed by atoms with Gasteiger partial charge >= 0.3 is 0 Å². The van der Waals surface area contributed by atoms with Crippen LogP contribution in [0, 0.1) is 5.82 Å². The van der Waals surface area contributed by atoms with E-state index in [4.69, 9.17) is 11.6 Å². The molecule has 0 aliphatic carbocycles. The largest absolute Gasteiger partial charge is 0.322 e. The second-order valence-corrected chi connectivity index (χ2v) is 8.44. The minimum Gasteiger partial charge on any atom is -0.322 e. The molecule has 5 nitrogen and oxygen atoms in total. The zero-order valence-corrected chi connectivity index (χ0v) is 15.5. The van der Waals surface area contributed by atoms with Crippen LogP contribution < -0.4 is 5.32 Å². The van der Waals surface area contributed by atoms with Crippen LogP contribution in [0.1, 0.15) is 29.6 Å². The number of nitrogens with one attached hydrogen (secondary N) is 1. The maximum Gasteiger partial charge on any atom is 0.258 e. The highest BCUT2D eigenvalue weighted by atomic mass is 35.5. The fourth-order valence-corrected chi connectivity index (χ4v) is 4.51. The maximum atomic E-state index is 13.8. The van der Waals surface area contributed by atoms with E-state index in [1.54, 1.807) is 0 Å². The van der Waals surface area contributed by atoms with Crippen molar-refractivity contribution in [3.05, 3.63) is 58.9 Å². The number of hydrogen-bond acceptors (Lipinski definition) is 3. The van der Waals surface area contributed by atoms with E-state index in [2.05, 4.69) is 5.32 Å². The molecule has 1 N–H and O–H groups in total. The van der Waals surface area contributed by atoms with E-state index < -0.39 is 21.7 Å². The van der Waals surface area contributed by atoms with Crippen molar-refractivity contribution >= 4 is 33.2 Å². The van der Waals surface area contributed by atoms with Crippen LogP contribution >= 0.6 is 11.6 Å². The quantitative estimate of drug-likeness (QED) is 0.852. The molecule has 2 aromatic carbocycles. The van der Waals surface area contributed by atoms with Crippen molar-refractivity contribution in [2.75, 3.05) is 18.4 Å². The molecule has 0 saturated carbocycles. The standard InChI is InChI=1S/C18H18ClFN2O3S/c19-13-4-9-16(17(20)12-13)18(23)21-14-5-7-15(8-6-14)26(24,25)22-10-2-1-3-11-22/h4-9,12H,1-3,10-11H2,(H,21,23). The van der Waals surface area contributed by atoms with Gasteiger partial charge in [-0.1, -0.05) is 18.0 Å². The number of carbonyl (C=O) groups excluding carboxylic acids is 1. The maximum absolute atomic E-state index is 13.8. The molecule has 1 saturated heterocycles. The van der Waals surface area contributed by atoms with Crippen LogP contribution in [0.2, 0.25) is 5.02 Å². The van der Waals surface area contributed by atoms with Crippen molar-refractivity contribution in [3.63, 3.8) is 0 Å². The molecule has 1 amide bonds. The van der Waals surface area contributed by atoms with Crippen LogP contribution in [-0.2, 0) is 10.0 Å². The van der Waals surface area contributed by atoms with Gasteiger partial charge in [-0.3, -0.25) is 4.79 Å². The Labute approximate surface area is 156 Å². The molecule has 8 heteroatoms. The van der Waals surface area contributed by atoms with Crippen molar-refractivity contribution in [1.29, 1.82) is 0 Å². The molecule has 2 aromatic rings. The van der Waals surface area contributed by atoms with Crippen molar-refractivity contribution in [3.8, 4) is 0 Å². The van der Waals surface area contributed by atoms with Gasteiger partial charge in [0.25, 0.3) is 5.91 Å². The van der Waals surface area contributed by atoms with Crippen LogP contribution in [-0.4, -0.2) is 31.7 Å². The molecule has 1 heterocycles. The van der Waals surface area contributed by atoms with Gasteiger partial charge in [-0.15, -0.1) is 0 Å². The Bertz CT molecular complexity index is 911. The summed E-state index contributed by atoms with van der Waals surface area (Å²) in [4.78, 5) is 12.3. The summed E-state index contributed by atoms with van der Waals surface area (Å²) in [7, 11) is -3.52. The fourth-order valence-electron chi connectivity index (χ4n) is 2.84. The van der Waals surface area contributed by atoms with Crippen molar-refractivity contribution in [2.45, 2.75) is 24.2 Å². The predicted octanol–water partition coefficient (Wildman–Crippen LogP) is 3.91. The number of benzene rings is 2. The Morgan fingerprint density at radius 3 is 2.31 bits per heavy atom. The molecular formula is C18H18ClFN2O3S. The monoisotopic (exact) mass is 396 g/mol. The van der Waals surface area contributed by atoms with E-state index in [-0.39, 0.29) is 15.5 Å². The van der Waals surface area contributed by atoms with Gasteiger partial charge in [-0.2, -0.15) is 4.31 Å². The summed E-state index contributed by atoms with van der Waals surface area (Å²) >= 11 is 5.67. The molecule has 1 fully saturated rings. The number of piperidine rings is 1. The van der Waals surface area contributed by atoms with Gasteiger partial charge in [0.2, 0.25) is 10.0 Å². The number of halogens is 2. The van der Waals surface area contributed by atoms with Gasteiger partial charge in [0.15, 0.2) is 0 Å². The first kappa shape index (κ1) is 18.8. The summed E-state index contributed by atoms with van der Waals surface area (Å²) in [6.07, 6.45) is 2.76. The van der Waals surface area contributed by atoms with Gasteiger partial charge in [0.1, 0.15) is 5.82 Å². The van der Waals surface area contributed by atoms with Gasteiger partial charge < -0.3 is 5.32 Å². The van der Waals surface area contributed by atoms with Gasteiger partial charge in [-0.25, -0.2) is 12.8 Å².